The van der Waals surface area contributed by atoms with Crippen molar-refractivity contribution < 1.29 is 18.3 Å². The largest absolute Gasteiger partial charge is 0.485 e. The lowest BCUT2D eigenvalue weighted by atomic mass is 9.96. The quantitative estimate of drug-likeness (QED) is 0.0649. The molecule has 50 heavy (non-hydrogen) atoms. The Hall–Kier alpha value is -2.71. The van der Waals surface area contributed by atoms with Gasteiger partial charge in [-0.25, -0.2) is 15.0 Å². The molecule has 0 saturated heterocycles. The van der Waals surface area contributed by atoms with Gasteiger partial charge in [0.2, 0.25) is 0 Å². The molecule has 274 valence electrons. The highest BCUT2D eigenvalue weighted by Crippen LogP contribution is 2.40. The Kier molecular flexibility index (Phi) is 17.3. The first kappa shape index (κ1) is 40.1. The van der Waals surface area contributed by atoms with E-state index in [-0.39, 0.29) is 11.4 Å². The van der Waals surface area contributed by atoms with Gasteiger partial charge in [0.05, 0.1) is 9.52 Å². The molecule has 0 aliphatic carbocycles. The third-order valence-corrected chi connectivity index (χ3v) is 11.3. The van der Waals surface area contributed by atoms with Gasteiger partial charge in [-0.05, 0) is 59.5 Å². The summed E-state index contributed by atoms with van der Waals surface area (Å²) in [7, 11) is 0.357. The predicted octanol–water partition coefficient (Wildman–Crippen LogP) is 11.3. The van der Waals surface area contributed by atoms with E-state index in [4.69, 9.17) is 9.47 Å². The van der Waals surface area contributed by atoms with Gasteiger partial charge in [0.15, 0.2) is 18.1 Å². The summed E-state index contributed by atoms with van der Waals surface area (Å²) in [6, 6.07) is 10.4. The van der Waals surface area contributed by atoms with Crippen LogP contribution in [0.4, 0.5) is 8.78 Å². The third-order valence-electron chi connectivity index (χ3n) is 9.82. The summed E-state index contributed by atoms with van der Waals surface area (Å²) in [5.74, 6) is -1.69. The molecule has 5 nitrogen and oxygen atoms in total. The van der Waals surface area contributed by atoms with E-state index in [0.717, 1.165) is 74.0 Å². The van der Waals surface area contributed by atoms with E-state index in [1.807, 2.05) is 6.07 Å². The SMILES string of the molecule is CCCCCCOCCCCc1ccc(-c2cnc(-c3cc([Si]C(C)CCCCCCC(C)CCCCC)c4c(n3)C(F)(F)CO4)nc2)cc1. The average molecular weight is 706 g/mol. The van der Waals surface area contributed by atoms with Crippen molar-refractivity contribution in [1.29, 1.82) is 0 Å². The Bertz CT molecular complexity index is 1390. The minimum atomic E-state index is -3.12. The number of fused-ring (bicyclic) bond motifs is 1. The van der Waals surface area contributed by atoms with Gasteiger partial charge in [0.1, 0.15) is 11.4 Å². The second-order valence-electron chi connectivity index (χ2n) is 14.5. The van der Waals surface area contributed by atoms with Crippen LogP contribution in [0.5, 0.6) is 5.75 Å². The van der Waals surface area contributed by atoms with Crippen LogP contribution >= 0.6 is 0 Å². The first-order valence-electron chi connectivity index (χ1n) is 19.6. The lowest BCUT2D eigenvalue weighted by Gasteiger charge is -2.15. The Morgan fingerprint density at radius 3 is 2.10 bits per heavy atom. The number of hydrogen-bond acceptors (Lipinski definition) is 5. The number of aromatic nitrogens is 3. The van der Waals surface area contributed by atoms with E-state index in [9.17, 15) is 8.78 Å². The summed E-state index contributed by atoms with van der Waals surface area (Å²) in [4.78, 5) is 13.5. The number of ether oxygens (including phenoxy) is 2. The van der Waals surface area contributed by atoms with Crippen LogP contribution in [-0.4, -0.2) is 44.3 Å². The number of benzene rings is 1. The summed E-state index contributed by atoms with van der Waals surface area (Å²) in [5, 5.41) is 0.803. The van der Waals surface area contributed by atoms with Gasteiger partial charge in [0.25, 0.3) is 0 Å². The van der Waals surface area contributed by atoms with Crippen LogP contribution in [0, 0.1) is 5.92 Å². The first-order chi connectivity index (χ1) is 24.3. The van der Waals surface area contributed by atoms with Crippen LogP contribution in [-0.2, 0) is 17.1 Å². The second-order valence-corrected chi connectivity index (χ2v) is 16.3. The maximum atomic E-state index is 14.9. The monoisotopic (exact) mass is 705 g/mol. The van der Waals surface area contributed by atoms with Crippen molar-refractivity contribution in [3.8, 4) is 28.4 Å². The molecule has 0 saturated carbocycles. The highest BCUT2D eigenvalue weighted by molar-refractivity contribution is 6.56. The fraction of sp³-hybridized carbons (Fsp3) is 0.643. The molecule has 2 unspecified atom stereocenters. The molecule has 8 heteroatoms. The molecule has 1 aromatic carbocycles. The molecule has 0 amide bonds. The number of halogens is 2. The lowest BCUT2D eigenvalue weighted by Crippen LogP contribution is -2.22. The molecule has 1 aliphatic rings. The van der Waals surface area contributed by atoms with Crippen molar-refractivity contribution in [2.45, 2.75) is 148 Å². The van der Waals surface area contributed by atoms with E-state index in [1.165, 1.54) is 76.2 Å². The van der Waals surface area contributed by atoms with Crippen LogP contribution < -0.4 is 9.92 Å². The predicted molar refractivity (Wildman–Crippen MR) is 204 cm³/mol. The van der Waals surface area contributed by atoms with E-state index in [1.54, 1.807) is 12.4 Å². The summed E-state index contributed by atoms with van der Waals surface area (Å²) in [5.41, 5.74) is 3.68. The number of nitrogens with zero attached hydrogens (tertiary/aromatic N) is 3. The second kappa shape index (κ2) is 21.6. The fourth-order valence-electron chi connectivity index (χ4n) is 6.64. The average Bonchev–Trinajstić information content (AvgIpc) is 3.43. The molecular formula is C42H61F2N3O2Si. The van der Waals surface area contributed by atoms with Crippen LogP contribution in [0.1, 0.15) is 142 Å². The Morgan fingerprint density at radius 2 is 1.40 bits per heavy atom. The first-order valence-corrected chi connectivity index (χ1v) is 20.7. The van der Waals surface area contributed by atoms with Gasteiger partial charge in [-0.3, -0.25) is 0 Å². The molecule has 3 aromatic rings. The molecule has 0 fully saturated rings. The third kappa shape index (κ3) is 13.1. The minimum absolute atomic E-state index is 0.257. The van der Waals surface area contributed by atoms with Crippen molar-refractivity contribution in [3.63, 3.8) is 0 Å². The van der Waals surface area contributed by atoms with Crippen LogP contribution in [0.3, 0.4) is 0 Å². The molecule has 2 atom stereocenters. The van der Waals surface area contributed by atoms with Crippen molar-refractivity contribution >= 4 is 14.7 Å². The van der Waals surface area contributed by atoms with Crippen molar-refractivity contribution in [3.05, 3.63) is 54.0 Å². The Morgan fingerprint density at radius 1 is 0.780 bits per heavy atom. The zero-order chi connectivity index (χ0) is 35.6. The van der Waals surface area contributed by atoms with Gasteiger partial charge in [-0.2, -0.15) is 8.78 Å². The van der Waals surface area contributed by atoms with Crippen LogP contribution in [0.15, 0.2) is 42.7 Å². The topological polar surface area (TPSA) is 57.1 Å². The standard InChI is InChI=1S/C42H61F2N3O2Si/c1-5-7-9-16-26-48-27-17-15-21-34-22-24-35(25-23-34)36-29-45-41(46-30-36)37-28-38(39-40(47-37)42(43,44)31-49-39)50-33(4)20-14-11-10-13-19-32(3)18-12-8-6-2/h22-25,28-30,32-33H,5-21,26-27,31H2,1-4H3. The van der Waals surface area contributed by atoms with Crippen molar-refractivity contribution in [2.75, 3.05) is 19.8 Å². The zero-order valence-electron chi connectivity index (χ0n) is 31.3. The van der Waals surface area contributed by atoms with E-state index >= 15 is 0 Å². The molecule has 3 heterocycles. The van der Waals surface area contributed by atoms with Crippen LogP contribution in [0.25, 0.3) is 22.6 Å². The number of aryl methyl sites for hydroxylation is 1. The molecule has 0 bridgehead atoms. The van der Waals surface area contributed by atoms with Crippen molar-refractivity contribution in [2.24, 2.45) is 5.92 Å². The molecule has 1 aliphatic heterocycles. The summed E-state index contributed by atoms with van der Waals surface area (Å²) >= 11 is 0. The van der Waals surface area contributed by atoms with E-state index in [0.29, 0.717) is 26.6 Å². The summed E-state index contributed by atoms with van der Waals surface area (Å²) < 4.78 is 41.1. The number of alkyl halides is 2. The zero-order valence-corrected chi connectivity index (χ0v) is 32.3. The smallest absolute Gasteiger partial charge is 0.326 e. The van der Waals surface area contributed by atoms with Crippen LogP contribution in [0.2, 0.25) is 5.54 Å². The highest BCUT2D eigenvalue weighted by atomic mass is 28.2. The highest BCUT2D eigenvalue weighted by Gasteiger charge is 2.45. The molecule has 0 spiro atoms. The maximum Gasteiger partial charge on any atom is 0.326 e. The van der Waals surface area contributed by atoms with E-state index in [2.05, 4.69) is 66.9 Å². The maximum absolute atomic E-state index is 14.9. The molecule has 2 aromatic heterocycles. The van der Waals surface area contributed by atoms with Gasteiger partial charge < -0.3 is 9.47 Å². The van der Waals surface area contributed by atoms with Gasteiger partial charge in [0, 0.05) is 31.2 Å². The van der Waals surface area contributed by atoms with E-state index < -0.39 is 12.5 Å². The molecule has 0 N–H and O–H groups in total. The number of rotatable bonds is 25. The molecule has 4 rings (SSSR count). The lowest BCUT2D eigenvalue weighted by molar-refractivity contribution is -0.0243. The minimum Gasteiger partial charge on any atom is -0.485 e. The van der Waals surface area contributed by atoms with Gasteiger partial charge in [-0.1, -0.05) is 135 Å². The number of pyridine rings is 1. The van der Waals surface area contributed by atoms with Gasteiger partial charge in [-0.15, -0.1) is 0 Å². The number of unbranched alkanes of at least 4 members (excludes halogenated alkanes) is 9. The summed E-state index contributed by atoms with van der Waals surface area (Å²) in [6.07, 6.45) is 24.4. The number of hydrogen-bond donors (Lipinski definition) is 0. The summed E-state index contributed by atoms with van der Waals surface area (Å²) in [6.45, 7) is 10.1. The normalized spacial score (nSPS) is 14.8. The Balaban J connectivity index is 1.28. The molecular weight excluding hydrogens is 645 g/mol. The Labute approximate surface area is 303 Å². The van der Waals surface area contributed by atoms with Crippen molar-refractivity contribution in [1.82, 2.24) is 15.0 Å². The fourth-order valence-corrected chi connectivity index (χ4v) is 8.06. The molecule has 2 radical (unpaired) electrons. The van der Waals surface area contributed by atoms with Gasteiger partial charge >= 0.3 is 5.92 Å².